The first kappa shape index (κ1) is 19.1. The van der Waals surface area contributed by atoms with E-state index in [0.29, 0.717) is 22.5 Å². The number of aryl methyl sites for hydroxylation is 1. The normalized spacial score (nSPS) is 13.9. The fourth-order valence-electron chi connectivity index (χ4n) is 3.29. The molecule has 6 heteroatoms. The zero-order valence-electron chi connectivity index (χ0n) is 15.5. The highest BCUT2D eigenvalue weighted by Gasteiger charge is 2.43. The third kappa shape index (κ3) is 3.22. The highest BCUT2D eigenvalue weighted by atomic mass is 32.2. The van der Waals surface area contributed by atoms with Gasteiger partial charge in [0.25, 0.3) is 0 Å². The van der Waals surface area contributed by atoms with Crippen molar-refractivity contribution in [2.45, 2.75) is 18.6 Å². The molecule has 5 nitrogen and oxygen atoms in total. The van der Waals surface area contributed by atoms with Crippen LogP contribution < -0.4 is 5.14 Å². The van der Waals surface area contributed by atoms with Crippen molar-refractivity contribution in [1.29, 1.82) is 0 Å². The lowest BCUT2D eigenvalue weighted by molar-refractivity contribution is 0.103. The van der Waals surface area contributed by atoms with E-state index in [1.807, 2.05) is 25.1 Å². The number of carbonyl (C=O) groups is 1. The van der Waals surface area contributed by atoms with E-state index in [0.717, 1.165) is 5.56 Å². The number of benzene rings is 2. The topological polar surface area (TPSA) is 82.2 Å². The number of primary sulfonamides is 1. The van der Waals surface area contributed by atoms with Gasteiger partial charge in [-0.05, 0) is 31.5 Å². The monoisotopic (exact) mass is 382 g/mol. The number of ketones is 1. The molecule has 0 amide bonds. The van der Waals surface area contributed by atoms with Crippen LogP contribution in [0.5, 0.6) is 0 Å². The lowest BCUT2D eigenvalue weighted by atomic mass is 9.96. The van der Waals surface area contributed by atoms with Gasteiger partial charge < -0.3 is 4.57 Å². The van der Waals surface area contributed by atoms with Crippen molar-refractivity contribution in [3.05, 3.63) is 94.8 Å². The summed E-state index contributed by atoms with van der Waals surface area (Å²) in [4.78, 5) is 12.9. The Morgan fingerprint density at radius 3 is 2.11 bits per heavy atom. The van der Waals surface area contributed by atoms with Gasteiger partial charge >= 0.3 is 0 Å². The van der Waals surface area contributed by atoms with Crippen molar-refractivity contribution >= 4 is 15.8 Å². The smallest absolute Gasteiger partial charge is 0.224 e. The lowest BCUT2D eigenvalue weighted by Gasteiger charge is -2.29. The zero-order valence-corrected chi connectivity index (χ0v) is 16.3. The van der Waals surface area contributed by atoms with Crippen LogP contribution in [-0.2, 0) is 21.8 Å². The Balaban J connectivity index is 2.15. The van der Waals surface area contributed by atoms with E-state index in [2.05, 4.69) is 0 Å². The fourth-order valence-corrected chi connectivity index (χ4v) is 4.25. The standard InChI is InChI=1S/C21H22N2O3S/c1-15-9-11-16(12-10-15)20(24)18-13-14-19(23(18)3)21(2,27(22,25)26)17-7-5-4-6-8-17/h4-14H,1-3H3,(H2,22,25,26). The van der Waals surface area contributed by atoms with Gasteiger partial charge in [-0.2, -0.15) is 0 Å². The van der Waals surface area contributed by atoms with E-state index in [1.54, 1.807) is 67.1 Å². The van der Waals surface area contributed by atoms with Crippen LogP contribution in [0.3, 0.4) is 0 Å². The molecule has 0 aliphatic rings. The van der Waals surface area contributed by atoms with Crippen molar-refractivity contribution in [3.8, 4) is 0 Å². The van der Waals surface area contributed by atoms with E-state index in [4.69, 9.17) is 5.14 Å². The summed E-state index contributed by atoms with van der Waals surface area (Å²) in [6.45, 7) is 3.51. The molecule has 0 aliphatic carbocycles. The zero-order chi connectivity index (χ0) is 19.8. The Bertz CT molecular complexity index is 1080. The SMILES string of the molecule is Cc1ccc(C(=O)c2ccc(C(C)(c3ccccc3)S(N)(=O)=O)n2C)cc1. The Morgan fingerprint density at radius 1 is 0.963 bits per heavy atom. The Labute approximate surface area is 159 Å². The fraction of sp³-hybridized carbons (Fsp3) is 0.190. The molecule has 0 fully saturated rings. The van der Waals surface area contributed by atoms with Crippen molar-refractivity contribution in [2.75, 3.05) is 0 Å². The average molecular weight is 382 g/mol. The molecule has 0 aliphatic heterocycles. The molecule has 0 saturated heterocycles. The minimum Gasteiger partial charge on any atom is -0.343 e. The summed E-state index contributed by atoms with van der Waals surface area (Å²) in [6.07, 6.45) is 0. The quantitative estimate of drug-likeness (QED) is 0.688. The van der Waals surface area contributed by atoms with Crippen molar-refractivity contribution in [3.63, 3.8) is 0 Å². The van der Waals surface area contributed by atoms with E-state index < -0.39 is 14.8 Å². The third-order valence-corrected chi connectivity index (χ3v) is 6.63. The number of nitrogens with two attached hydrogens (primary N) is 1. The number of hydrogen-bond donors (Lipinski definition) is 1. The predicted molar refractivity (Wildman–Crippen MR) is 106 cm³/mol. The number of carbonyl (C=O) groups excluding carboxylic acids is 1. The first-order valence-corrected chi connectivity index (χ1v) is 10.1. The van der Waals surface area contributed by atoms with Crippen LogP contribution >= 0.6 is 0 Å². The molecule has 0 spiro atoms. The third-order valence-electron chi connectivity index (χ3n) is 5.05. The maximum atomic E-state index is 12.9. The second-order valence-electron chi connectivity index (χ2n) is 6.80. The summed E-state index contributed by atoms with van der Waals surface area (Å²) >= 11 is 0. The number of hydrogen-bond acceptors (Lipinski definition) is 3. The van der Waals surface area contributed by atoms with Gasteiger partial charge in [0.2, 0.25) is 15.8 Å². The van der Waals surface area contributed by atoms with Gasteiger partial charge in [-0.1, -0.05) is 60.2 Å². The van der Waals surface area contributed by atoms with Gasteiger partial charge in [0, 0.05) is 18.3 Å². The van der Waals surface area contributed by atoms with Crippen molar-refractivity contribution in [1.82, 2.24) is 4.57 Å². The first-order valence-electron chi connectivity index (χ1n) is 8.51. The Hall–Kier alpha value is -2.70. The number of rotatable bonds is 5. The van der Waals surface area contributed by atoms with Crippen LogP contribution in [0.15, 0.2) is 66.7 Å². The van der Waals surface area contributed by atoms with Crippen molar-refractivity contribution < 1.29 is 13.2 Å². The number of nitrogens with zero attached hydrogens (tertiary/aromatic N) is 1. The molecular weight excluding hydrogens is 360 g/mol. The lowest BCUT2D eigenvalue weighted by Crippen LogP contribution is -2.40. The molecule has 2 N–H and O–H groups in total. The van der Waals surface area contributed by atoms with Crippen LogP contribution in [0.2, 0.25) is 0 Å². The molecule has 140 valence electrons. The van der Waals surface area contributed by atoms with Crippen LogP contribution in [0.4, 0.5) is 0 Å². The van der Waals surface area contributed by atoms with Gasteiger partial charge in [0.1, 0.15) is 4.75 Å². The number of sulfonamides is 1. The summed E-state index contributed by atoms with van der Waals surface area (Å²) in [6, 6.07) is 19.3. The van der Waals surface area contributed by atoms with Gasteiger partial charge in [0.15, 0.2) is 0 Å². The largest absolute Gasteiger partial charge is 0.343 e. The Kier molecular flexibility index (Phi) is 4.80. The molecule has 1 aromatic heterocycles. The molecule has 0 saturated carbocycles. The molecule has 27 heavy (non-hydrogen) atoms. The summed E-state index contributed by atoms with van der Waals surface area (Å²) in [5.41, 5.74) is 2.99. The van der Waals surface area contributed by atoms with Gasteiger partial charge in [-0.3, -0.25) is 4.79 Å². The van der Waals surface area contributed by atoms with Gasteiger partial charge in [0.05, 0.1) is 5.69 Å². The molecule has 1 unspecified atom stereocenters. The predicted octanol–water partition coefficient (Wildman–Crippen LogP) is 3.12. The maximum Gasteiger partial charge on any atom is 0.224 e. The summed E-state index contributed by atoms with van der Waals surface area (Å²) < 4.78 is 25.3. The minimum atomic E-state index is -4.01. The summed E-state index contributed by atoms with van der Waals surface area (Å²) in [5.74, 6) is -0.173. The van der Waals surface area contributed by atoms with E-state index >= 15 is 0 Å². The van der Waals surface area contributed by atoms with Crippen LogP contribution in [-0.4, -0.2) is 18.8 Å². The molecule has 1 heterocycles. The van der Waals surface area contributed by atoms with E-state index in [9.17, 15) is 13.2 Å². The van der Waals surface area contributed by atoms with Gasteiger partial charge in [-0.15, -0.1) is 0 Å². The second kappa shape index (κ2) is 6.79. The molecule has 1 atom stereocenters. The number of aromatic nitrogens is 1. The van der Waals surface area contributed by atoms with Crippen molar-refractivity contribution in [2.24, 2.45) is 12.2 Å². The molecule has 2 aromatic carbocycles. The first-order chi connectivity index (χ1) is 12.7. The molecule has 0 radical (unpaired) electrons. The minimum absolute atomic E-state index is 0.173. The highest BCUT2D eigenvalue weighted by Crippen LogP contribution is 2.36. The highest BCUT2D eigenvalue weighted by molar-refractivity contribution is 7.90. The second-order valence-corrected chi connectivity index (χ2v) is 8.71. The van der Waals surface area contributed by atoms with Crippen LogP contribution in [0, 0.1) is 6.92 Å². The summed E-state index contributed by atoms with van der Waals surface area (Å²) in [7, 11) is -2.32. The van der Waals surface area contributed by atoms with Crippen LogP contribution in [0.1, 0.15) is 39.8 Å². The Morgan fingerprint density at radius 2 is 1.56 bits per heavy atom. The maximum absolute atomic E-state index is 12.9. The molecular formula is C21H22N2O3S. The van der Waals surface area contributed by atoms with E-state index in [-0.39, 0.29) is 5.78 Å². The van der Waals surface area contributed by atoms with Crippen LogP contribution in [0.25, 0.3) is 0 Å². The average Bonchev–Trinajstić information content (AvgIpc) is 3.02. The molecule has 0 bridgehead atoms. The molecule has 3 aromatic rings. The summed E-state index contributed by atoms with van der Waals surface area (Å²) in [5, 5.41) is 5.63. The van der Waals surface area contributed by atoms with E-state index in [1.165, 1.54) is 0 Å². The van der Waals surface area contributed by atoms with Gasteiger partial charge in [-0.25, -0.2) is 13.6 Å². The molecule has 3 rings (SSSR count).